The van der Waals surface area contributed by atoms with Crippen LogP contribution in [0.3, 0.4) is 0 Å². The van der Waals surface area contributed by atoms with Crippen molar-refractivity contribution in [1.82, 2.24) is 0 Å². The molecule has 3 aliphatic rings. The van der Waals surface area contributed by atoms with Crippen molar-refractivity contribution >= 4 is 21.7 Å². The van der Waals surface area contributed by atoms with Crippen LogP contribution in [-0.2, 0) is 29.1 Å². The van der Waals surface area contributed by atoms with Gasteiger partial charge in [-0.2, -0.15) is 8.42 Å². The summed E-state index contributed by atoms with van der Waals surface area (Å²) in [5.74, 6) is 0.0147. The van der Waals surface area contributed by atoms with Gasteiger partial charge in [0.1, 0.15) is 17.3 Å². The fraction of sp³-hybridized carbons (Fsp3) is 0.568. The predicted octanol–water partition coefficient (Wildman–Crippen LogP) is 8.63. The summed E-state index contributed by atoms with van der Waals surface area (Å²) in [5.41, 5.74) is 2.15. The van der Waals surface area contributed by atoms with E-state index in [-0.39, 0.29) is 71.6 Å². The minimum atomic E-state index is -4.05. The lowest BCUT2D eigenvalue weighted by atomic mass is 9.77. The molecule has 1 amide bonds. The number of rotatable bonds is 14. The van der Waals surface area contributed by atoms with E-state index in [0.717, 1.165) is 17.7 Å². The van der Waals surface area contributed by atoms with Crippen molar-refractivity contribution in [3.63, 3.8) is 0 Å². The van der Waals surface area contributed by atoms with Gasteiger partial charge in [0.25, 0.3) is 0 Å². The number of benzene rings is 3. The number of para-hydroxylation sites is 1. The molecule has 300 valence electrons. The second-order valence-corrected chi connectivity index (χ2v) is 17.7. The maximum absolute atomic E-state index is 13.5. The number of β-lactam (4-membered cyclic amide) rings is 1. The zero-order valence-electron chi connectivity index (χ0n) is 33.1. The minimum absolute atomic E-state index is 0.0196. The standard InChI is InChI=1S/C44H58FNO8S/c1-8-38-27(4)26(3)30(7)44(52-38)53-42-29(6)28(5)40(51-39(42)9-2)25-55(49,50)54-35-21-17-32(18-22-35)41-36(43(48)46(41)34-13-11-10-12-14-34)23-24-37(47)31-15-19-33(45)20-16-31/h10-22,26-30,36-42,44,47H,8-9,23-25H2,1-7H3/t26-,27-,28?,29+,30?,36+,37-,38?,39?,40-,41+,42-,44-/m0/s1. The van der Waals surface area contributed by atoms with E-state index in [1.165, 1.54) is 12.1 Å². The Hall–Kier alpha value is -3.35. The van der Waals surface area contributed by atoms with Crippen molar-refractivity contribution in [2.75, 3.05) is 10.7 Å². The van der Waals surface area contributed by atoms with Crippen LogP contribution in [0.1, 0.15) is 97.4 Å². The second kappa shape index (κ2) is 17.4. The SMILES string of the molecule is CCC1O[C@@H](O[C@@H]2C(CC)O[C@@H](CS(=O)(=O)Oc3ccc([C@@H]4[C@@H](CC[C@H](O)c5ccc(F)cc5)C(=O)N4c4ccccc4)cc3)C(C)[C@H]2C)C(C)[C@@H](C)[C@@H]1C. The van der Waals surface area contributed by atoms with E-state index in [9.17, 15) is 22.7 Å². The number of carbonyl (C=O) groups excluding carboxylic acids is 1. The zero-order chi connectivity index (χ0) is 39.6. The molecule has 13 atom stereocenters. The Bertz CT molecular complexity index is 1820. The molecule has 3 aromatic carbocycles. The van der Waals surface area contributed by atoms with E-state index < -0.39 is 28.2 Å². The third kappa shape index (κ3) is 8.96. The van der Waals surface area contributed by atoms with E-state index in [0.29, 0.717) is 36.7 Å². The van der Waals surface area contributed by atoms with Crippen LogP contribution in [0.25, 0.3) is 0 Å². The highest BCUT2D eigenvalue weighted by atomic mass is 32.2. The first-order valence-corrected chi connectivity index (χ1v) is 21.6. The smallest absolute Gasteiger partial charge is 0.311 e. The third-order valence-corrected chi connectivity index (χ3v) is 14.0. The molecule has 1 N–H and O–H groups in total. The van der Waals surface area contributed by atoms with Gasteiger partial charge in [-0.1, -0.05) is 90.9 Å². The fourth-order valence-corrected chi connectivity index (χ4v) is 10.0. The number of anilines is 1. The van der Waals surface area contributed by atoms with Crippen LogP contribution in [0.5, 0.6) is 5.75 Å². The van der Waals surface area contributed by atoms with Crippen LogP contribution in [0.4, 0.5) is 10.1 Å². The summed E-state index contributed by atoms with van der Waals surface area (Å²) in [6.45, 7) is 15.0. The molecule has 3 heterocycles. The van der Waals surface area contributed by atoms with Gasteiger partial charge in [0.15, 0.2) is 6.29 Å². The maximum Gasteiger partial charge on any atom is 0.311 e. The van der Waals surface area contributed by atoms with Crippen molar-refractivity contribution in [1.29, 1.82) is 0 Å². The summed E-state index contributed by atoms with van der Waals surface area (Å²) < 4.78 is 65.9. The zero-order valence-corrected chi connectivity index (χ0v) is 33.9. The highest BCUT2D eigenvalue weighted by Gasteiger charge is 2.49. The van der Waals surface area contributed by atoms with Gasteiger partial charge >= 0.3 is 10.1 Å². The number of halogens is 1. The quantitative estimate of drug-likeness (QED) is 0.128. The van der Waals surface area contributed by atoms with Crippen molar-refractivity contribution in [2.45, 2.75) is 117 Å². The summed E-state index contributed by atoms with van der Waals surface area (Å²) in [6, 6.07) is 21.6. The van der Waals surface area contributed by atoms with E-state index in [1.54, 1.807) is 41.3 Å². The summed E-state index contributed by atoms with van der Waals surface area (Å²) >= 11 is 0. The molecular formula is C44H58FNO8S. The molecule has 0 spiro atoms. The Kier molecular flexibility index (Phi) is 13.1. The molecule has 0 aromatic heterocycles. The maximum atomic E-state index is 13.5. The number of carbonyl (C=O) groups is 1. The number of aliphatic hydroxyl groups is 1. The van der Waals surface area contributed by atoms with E-state index in [4.69, 9.17) is 18.4 Å². The Balaban J connectivity index is 1.11. The molecule has 0 radical (unpaired) electrons. The number of ether oxygens (including phenoxy) is 3. The van der Waals surface area contributed by atoms with Gasteiger partial charge in [-0.3, -0.25) is 4.79 Å². The first-order chi connectivity index (χ1) is 26.2. The van der Waals surface area contributed by atoms with Gasteiger partial charge in [-0.05, 0) is 96.9 Å². The molecule has 3 saturated heterocycles. The molecule has 3 aliphatic heterocycles. The van der Waals surface area contributed by atoms with Crippen LogP contribution in [0.2, 0.25) is 0 Å². The van der Waals surface area contributed by atoms with E-state index in [2.05, 4.69) is 34.6 Å². The summed E-state index contributed by atoms with van der Waals surface area (Å²) in [7, 11) is -4.05. The van der Waals surface area contributed by atoms with E-state index in [1.807, 2.05) is 44.2 Å². The Morgan fingerprint density at radius 2 is 1.42 bits per heavy atom. The molecule has 0 aliphatic carbocycles. The topological polar surface area (TPSA) is 112 Å². The van der Waals surface area contributed by atoms with Gasteiger partial charge < -0.3 is 28.4 Å². The normalized spacial score (nSPS) is 33.2. The first kappa shape index (κ1) is 41.3. The summed E-state index contributed by atoms with van der Waals surface area (Å²) in [5, 5.41) is 10.8. The molecule has 6 rings (SSSR count). The van der Waals surface area contributed by atoms with Crippen LogP contribution in [-0.4, -0.2) is 55.9 Å². The lowest BCUT2D eigenvalue weighted by molar-refractivity contribution is -0.299. The number of amides is 1. The number of nitrogens with zero attached hydrogens (tertiary/aromatic N) is 1. The minimum Gasteiger partial charge on any atom is -0.388 e. The van der Waals surface area contributed by atoms with E-state index >= 15 is 0 Å². The third-order valence-electron chi connectivity index (χ3n) is 12.8. The van der Waals surface area contributed by atoms with Gasteiger partial charge in [-0.15, -0.1) is 0 Å². The Morgan fingerprint density at radius 3 is 2.05 bits per heavy atom. The molecule has 3 aromatic rings. The molecule has 11 heteroatoms. The highest BCUT2D eigenvalue weighted by molar-refractivity contribution is 7.87. The van der Waals surface area contributed by atoms with Crippen molar-refractivity contribution in [3.05, 3.63) is 95.8 Å². The molecule has 0 bridgehead atoms. The lowest BCUT2D eigenvalue weighted by Gasteiger charge is -2.49. The first-order valence-electron chi connectivity index (χ1n) is 20.0. The highest BCUT2D eigenvalue weighted by Crippen LogP contribution is 2.47. The monoisotopic (exact) mass is 779 g/mol. The van der Waals surface area contributed by atoms with Crippen LogP contribution >= 0.6 is 0 Å². The molecule has 3 fully saturated rings. The molecule has 9 nitrogen and oxygen atoms in total. The Labute approximate surface area is 326 Å². The van der Waals surface area contributed by atoms with Crippen LogP contribution in [0, 0.1) is 41.3 Å². The van der Waals surface area contributed by atoms with Gasteiger partial charge in [0.2, 0.25) is 5.91 Å². The van der Waals surface area contributed by atoms with Crippen molar-refractivity contribution < 1.29 is 41.1 Å². The van der Waals surface area contributed by atoms with Gasteiger partial charge in [-0.25, -0.2) is 4.39 Å². The summed E-state index contributed by atoms with van der Waals surface area (Å²) in [6.07, 6.45) is 0.143. The van der Waals surface area contributed by atoms with Crippen LogP contribution in [0.15, 0.2) is 78.9 Å². The number of aliphatic hydroxyl groups excluding tert-OH is 1. The second-order valence-electron chi connectivity index (χ2n) is 16.1. The molecular weight excluding hydrogens is 722 g/mol. The van der Waals surface area contributed by atoms with Crippen molar-refractivity contribution in [3.8, 4) is 5.75 Å². The lowest BCUT2D eigenvalue weighted by Crippen LogP contribution is -2.55. The van der Waals surface area contributed by atoms with Crippen molar-refractivity contribution in [2.24, 2.45) is 35.5 Å². The largest absolute Gasteiger partial charge is 0.388 e. The summed E-state index contributed by atoms with van der Waals surface area (Å²) in [4.78, 5) is 15.3. The van der Waals surface area contributed by atoms with Gasteiger partial charge in [0, 0.05) is 11.6 Å². The fourth-order valence-electron chi connectivity index (χ4n) is 8.78. The number of hydrogen-bond donors (Lipinski definition) is 1. The molecule has 55 heavy (non-hydrogen) atoms. The average molecular weight is 780 g/mol. The Morgan fingerprint density at radius 1 is 0.782 bits per heavy atom. The molecule has 0 saturated carbocycles. The van der Waals surface area contributed by atoms with Crippen LogP contribution < -0.4 is 9.08 Å². The number of hydrogen-bond acceptors (Lipinski definition) is 8. The predicted molar refractivity (Wildman–Crippen MR) is 210 cm³/mol. The molecule has 4 unspecified atom stereocenters. The van der Waals surface area contributed by atoms with Gasteiger partial charge in [0.05, 0.1) is 42.5 Å². The average Bonchev–Trinajstić information content (AvgIpc) is 3.17.